The van der Waals surface area contributed by atoms with Crippen LogP contribution in [0.5, 0.6) is 0 Å². The molecule has 1 aliphatic heterocycles. The minimum absolute atomic E-state index is 0.127. The maximum atomic E-state index is 13.5. The molecule has 0 spiro atoms. The third-order valence-corrected chi connectivity index (χ3v) is 7.90. The lowest BCUT2D eigenvalue weighted by Gasteiger charge is -2.39. The number of carbonyl (C=O) groups is 1. The summed E-state index contributed by atoms with van der Waals surface area (Å²) in [5.74, 6) is -0.981. The predicted molar refractivity (Wildman–Crippen MR) is 125 cm³/mol. The van der Waals surface area contributed by atoms with Crippen LogP contribution in [0.3, 0.4) is 0 Å². The van der Waals surface area contributed by atoms with Crippen molar-refractivity contribution >= 4 is 15.9 Å². The first-order valence-electron chi connectivity index (χ1n) is 10.9. The van der Waals surface area contributed by atoms with E-state index in [1.54, 1.807) is 24.3 Å². The minimum Gasteiger partial charge on any atom is -0.355 e. The number of nitrogens with zero attached hydrogens (tertiary/aromatic N) is 2. The van der Waals surface area contributed by atoms with Crippen LogP contribution >= 0.6 is 0 Å². The van der Waals surface area contributed by atoms with Crippen molar-refractivity contribution in [3.63, 3.8) is 0 Å². The lowest BCUT2D eigenvalue weighted by atomic mass is 9.96. The van der Waals surface area contributed by atoms with Gasteiger partial charge in [0.05, 0.1) is 10.9 Å². The lowest BCUT2D eigenvalue weighted by Crippen LogP contribution is -2.49. The molecule has 3 aromatic carbocycles. The van der Waals surface area contributed by atoms with Crippen molar-refractivity contribution in [1.29, 1.82) is 0 Å². The summed E-state index contributed by atoms with van der Waals surface area (Å²) in [6, 6.07) is 17.9. The fourth-order valence-electron chi connectivity index (χ4n) is 4.18. The first-order chi connectivity index (χ1) is 16.3. The van der Waals surface area contributed by atoms with Crippen LogP contribution in [0.2, 0.25) is 0 Å². The predicted octanol–water partition coefficient (Wildman–Crippen LogP) is 3.42. The van der Waals surface area contributed by atoms with Crippen molar-refractivity contribution in [2.45, 2.75) is 10.9 Å². The minimum atomic E-state index is -3.73. The van der Waals surface area contributed by atoms with Crippen molar-refractivity contribution in [2.24, 2.45) is 0 Å². The summed E-state index contributed by atoms with van der Waals surface area (Å²) in [6.45, 7) is 1.40. The second-order valence-corrected chi connectivity index (χ2v) is 9.99. The number of nitrogens with one attached hydrogen (secondary N) is 1. The zero-order valence-corrected chi connectivity index (χ0v) is 19.4. The van der Waals surface area contributed by atoms with Crippen molar-refractivity contribution < 1.29 is 22.0 Å². The van der Waals surface area contributed by atoms with E-state index in [1.165, 1.54) is 59.9 Å². The number of carbonyl (C=O) groups excluding carboxylic acids is 1. The second kappa shape index (κ2) is 10.0. The van der Waals surface area contributed by atoms with Gasteiger partial charge in [0.1, 0.15) is 11.6 Å². The molecule has 1 saturated heterocycles. The number of rotatable bonds is 6. The maximum absolute atomic E-state index is 13.5. The Hall–Kier alpha value is -3.14. The van der Waals surface area contributed by atoms with Gasteiger partial charge in [0.25, 0.3) is 5.91 Å². The largest absolute Gasteiger partial charge is 0.355 e. The molecule has 1 N–H and O–H groups in total. The molecule has 3 aromatic rings. The molecular formula is C25H25F2N3O3S. The van der Waals surface area contributed by atoms with Crippen LogP contribution in [-0.4, -0.2) is 56.8 Å². The highest BCUT2D eigenvalue weighted by atomic mass is 32.2. The third-order valence-electron chi connectivity index (χ3n) is 5.99. The van der Waals surface area contributed by atoms with Gasteiger partial charge in [0.15, 0.2) is 0 Å². The molecule has 9 heteroatoms. The molecule has 0 aromatic heterocycles. The number of halogens is 2. The summed E-state index contributed by atoms with van der Waals surface area (Å²) >= 11 is 0. The average Bonchev–Trinajstić information content (AvgIpc) is 2.86. The Bertz CT molecular complexity index is 1190. The molecule has 0 bridgehead atoms. The highest BCUT2D eigenvalue weighted by Crippen LogP contribution is 2.31. The molecule has 6 nitrogen and oxygen atoms in total. The molecule has 1 fully saturated rings. The summed E-state index contributed by atoms with van der Waals surface area (Å²) in [5.41, 5.74) is 2.07. The molecule has 34 heavy (non-hydrogen) atoms. The van der Waals surface area contributed by atoms with Gasteiger partial charge in [-0.1, -0.05) is 24.3 Å². The number of hydrogen-bond acceptors (Lipinski definition) is 4. The molecule has 0 atom stereocenters. The summed E-state index contributed by atoms with van der Waals surface area (Å²) in [4.78, 5) is 14.0. The number of benzene rings is 3. The summed E-state index contributed by atoms with van der Waals surface area (Å²) < 4.78 is 54.8. The van der Waals surface area contributed by atoms with Gasteiger partial charge in [0.2, 0.25) is 10.0 Å². The molecule has 4 rings (SSSR count). The van der Waals surface area contributed by atoms with Crippen LogP contribution in [0.4, 0.5) is 8.78 Å². The summed E-state index contributed by atoms with van der Waals surface area (Å²) in [6.07, 6.45) is 0. The van der Waals surface area contributed by atoms with Crippen molar-refractivity contribution in [3.05, 3.63) is 101 Å². The molecule has 1 amide bonds. The van der Waals surface area contributed by atoms with Gasteiger partial charge < -0.3 is 5.32 Å². The van der Waals surface area contributed by atoms with Crippen LogP contribution in [0.15, 0.2) is 77.7 Å². The Balaban J connectivity index is 1.53. The Kier molecular flexibility index (Phi) is 7.06. The Morgan fingerprint density at radius 2 is 1.26 bits per heavy atom. The highest BCUT2D eigenvalue weighted by molar-refractivity contribution is 7.89. The monoisotopic (exact) mass is 485 g/mol. The first kappa shape index (κ1) is 24.0. The van der Waals surface area contributed by atoms with Gasteiger partial charge in [-0.25, -0.2) is 17.2 Å². The van der Waals surface area contributed by atoms with Crippen LogP contribution in [-0.2, 0) is 10.0 Å². The van der Waals surface area contributed by atoms with E-state index in [0.29, 0.717) is 18.7 Å². The fraction of sp³-hybridized carbons (Fsp3) is 0.240. The van der Waals surface area contributed by atoms with Gasteiger partial charge in [-0.2, -0.15) is 4.31 Å². The summed E-state index contributed by atoms with van der Waals surface area (Å²) in [7, 11) is -2.21. The topological polar surface area (TPSA) is 69.7 Å². The number of sulfonamides is 1. The van der Waals surface area contributed by atoms with Gasteiger partial charge in [-0.3, -0.25) is 9.69 Å². The van der Waals surface area contributed by atoms with Crippen LogP contribution in [0.1, 0.15) is 27.5 Å². The standard InChI is InChI=1S/C25H25F2N3O3S/c1-28-25(31)20-6-12-23(13-7-20)34(32,33)30-16-14-29(15-17-30)24(18-2-8-21(26)9-3-18)19-4-10-22(27)11-5-19/h2-13,24H,14-17H2,1H3,(H,28,31). The average molecular weight is 486 g/mol. The quantitative estimate of drug-likeness (QED) is 0.581. The van der Waals surface area contributed by atoms with E-state index in [9.17, 15) is 22.0 Å². The zero-order valence-electron chi connectivity index (χ0n) is 18.6. The van der Waals surface area contributed by atoms with E-state index in [4.69, 9.17) is 0 Å². The highest BCUT2D eigenvalue weighted by Gasteiger charge is 2.32. The summed E-state index contributed by atoms with van der Waals surface area (Å²) in [5, 5.41) is 2.51. The third kappa shape index (κ3) is 5.01. The Morgan fingerprint density at radius 3 is 1.71 bits per heavy atom. The molecule has 0 aliphatic carbocycles. The van der Waals surface area contributed by atoms with E-state index in [-0.39, 0.29) is 41.6 Å². The smallest absolute Gasteiger partial charge is 0.251 e. The van der Waals surface area contributed by atoms with E-state index < -0.39 is 10.0 Å². The van der Waals surface area contributed by atoms with Gasteiger partial charge >= 0.3 is 0 Å². The first-order valence-corrected chi connectivity index (χ1v) is 12.3. The van der Waals surface area contributed by atoms with E-state index >= 15 is 0 Å². The van der Waals surface area contributed by atoms with Crippen LogP contribution in [0, 0.1) is 11.6 Å². The fourth-order valence-corrected chi connectivity index (χ4v) is 5.60. The van der Waals surface area contributed by atoms with E-state index in [0.717, 1.165) is 11.1 Å². The number of amides is 1. The lowest BCUT2D eigenvalue weighted by molar-refractivity contribution is 0.0963. The number of hydrogen-bond donors (Lipinski definition) is 1. The van der Waals surface area contributed by atoms with Crippen molar-refractivity contribution in [1.82, 2.24) is 14.5 Å². The van der Waals surface area contributed by atoms with Gasteiger partial charge in [0, 0.05) is 38.8 Å². The maximum Gasteiger partial charge on any atom is 0.251 e. The normalized spacial score (nSPS) is 15.4. The molecule has 0 saturated carbocycles. The van der Waals surface area contributed by atoms with E-state index in [1.807, 2.05) is 0 Å². The molecule has 0 radical (unpaired) electrons. The van der Waals surface area contributed by atoms with Gasteiger partial charge in [-0.05, 0) is 59.7 Å². The van der Waals surface area contributed by atoms with E-state index in [2.05, 4.69) is 10.2 Å². The molecule has 0 unspecified atom stereocenters. The van der Waals surface area contributed by atoms with Crippen molar-refractivity contribution in [3.8, 4) is 0 Å². The molecular weight excluding hydrogens is 460 g/mol. The number of piperazine rings is 1. The second-order valence-electron chi connectivity index (χ2n) is 8.05. The van der Waals surface area contributed by atoms with Crippen molar-refractivity contribution in [2.75, 3.05) is 33.2 Å². The van der Waals surface area contributed by atoms with Crippen LogP contribution in [0.25, 0.3) is 0 Å². The molecule has 1 heterocycles. The zero-order chi connectivity index (χ0) is 24.3. The molecule has 178 valence electrons. The van der Waals surface area contributed by atoms with Gasteiger partial charge in [-0.15, -0.1) is 0 Å². The van der Waals surface area contributed by atoms with Crippen LogP contribution < -0.4 is 5.32 Å². The Labute approximate surface area is 197 Å². The Morgan fingerprint density at radius 1 is 0.794 bits per heavy atom. The SMILES string of the molecule is CNC(=O)c1ccc(S(=O)(=O)N2CCN(C(c3ccc(F)cc3)c3ccc(F)cc3)CC2)cc1. The molecule has 1 aliphatic rings.